The summed E-state index contributed by atoms with van der Waals surface area (Å²) in [7, 11) is 0. The van der Waals surface area contributed by atoms with E-state index in [0.29, 0.717) is 5.92 Å². The van der Waals surface area contributed by atoms with E-state index in [2.05, 4.69) is 15.2 Å². The Morgan fingerprint density at radius 1 is 1.35 bits per heavy atom. The lowest BCUT2D eigenvalue weighted by Gasteiger charge is -2.33. The average Bonchev–Trinajstić information content (AvgIpc) is 3.22. The van der Waals surface area contributed by atoms with Crippen molar-refractivity contribution in [3.8, 4) is 0 Å². The molecular weight excluding hydrogens is 330 g/mol. The zero-order chi connectivity index (χ0) is 18.1. The Hall–Kier alpha value is -2.18. The molecule has 6 nitrogen and oxygen atoms in total. The number of amides is 1. The van der Waals surface area contributed by atoms with Gasteiger partial charge in [0, 0.05) is 12.7 Å². The average molecular weight is 355 g/mol. The molecule has 26 heavy (non-hydrogen) atoms. The van der Waals surface area contributed by atoms with Gasteiger partial charge in [0.25, 0.3) is 5.91 Å². The van der Waals surface area contributed by atoms with Crippen LogP contribution in [0.3, 0.4) is 0 Å². The second-order valence-electron chi connectivity index (χ2n) is 7.32. The first-order chi connectivity index (χ1) is 12.6. The zero-order valence-corrected chi connectivity index (χ0v) is 15.3. The third-order valence-corrected chi connectivity index (χ3v) is 5.37. The van der Waals surface area contributed by atoms with Crippen LogP contribution in [0.25, 0.3) is 0 Å². The van der Waals surface area contributed by atoms with Crippen molar-refractivity contribution in [2.75, 3.05) is 18.4 Å². The summed E-state index contributed by atoms with van der Waals surface area (Å²) in [6.45, 7) is 6.51. The van der Waals surface area contributed by atoms with Crippen molar-refractivity contribution in [1.29, 1.82) is 0 Å². The number of carbonyl (C=O) groups excluding carboxylic acids is 1. The van der Waals surface area contributed by atoms with Gasteiger partial charge in [0.2, 0.25) is 0 Å². The fourth-order valence-electron chi connectivity index (χ4n) is 3.93. The van der Waals surface area contributed by atoms with E-state index in [4.69, 9.17) is 9.15 Å². The minimum Gasteiger partial charge on any atom is -0.465 e. The van der Waals surface area contributed by atoms with E-state index in [-0.39, 0.29) is 18.1 Å². The van der Waals surface area contributed by atoms with Crippen LogP contribution in [0.1, 0.15) is 30.1 Å². The number of carbonyl (C=O) groups is 1. The van der Waals surface area contributed by atoms with Gasteiger partial charge in [-0.3, -0.25) is 14.7 Å². The number of aromatic nitrogens is 1. The van der Waals surface area contributed by atoms with Crippen LogP contribution < -0.4 is 5.32 Å². The van der Waals surface area contributed by atoms with Crippen LogP contribution in [0.4, 0.5) is 5.69 Å². The van der Waals surface area contributed by atoms with Gasteiger partial charge in [0.15, 0.2) is 0 Å². The van der Waals surface area contributed by atoms with Crippen molar-refractivity contribution in [2.45, 2.75) is 45.4 Å². The lowest BCUT2D eigenvalue weighted by atomic mass is 9.91. The Balaban J connectivity index is 1.34. The van der Waals surface area contributed by atoms with Crippen molar-refractivity contribution in [3.63, 3.8) is 0 Å². The van der Waals surface area contributed by atoms with Crippen molar-refractivity contribution < 1.29 is 13.9 Å². The molecule has 138 valence electrons. The smallest absolute Gasteiger partial charge is 0.253 e. The van der Waals surface area contributed by atoms with Gasteiger partial charge in [-0.25, -0.2) is 0 Å². The molecule has 0 unspecified atom stereocenters. The summed E-state index contributed by atoms with van der Waals surface area (Å²) in [6, 6.07) is 7.72. The molecule has 4 heterocycles. The third-order valence-electron chi connectivity index (χ3n) is 5.37. The molecule has 2 aliphatic rings. The highest BCUT2D eigenvalue weighted by Gasteiger charge is 2.42. The predicted octanol–water partition coefficient (Wildman–Crippen LogP) is 2.91. The molecule has 2 saturated heterocycles. The maximum Gasteiger partial charge on any atom is 0.253 e. The largest absolute Gasteiger partial charge is 0.465 e. The minimum atomic E-state index is -0.379. The molecule has 1 N–H and O–H groups in total. The second kappa shape index (κ2) is 7.21. The molecular formula is C20H25N3O3. The van der Waals surface area contributed by atoms with E-state index in [1.165, 1.54) is 0 Å². The van der Waals surface area contributed by atoms with Crippen molar-refractivity contribution in [3.05, 3.63) is 47.7 Å². The summed E-state index contributed by atoms with van der Waals surface area (Å²) in [4.78, 5) is 19.2. The molecule has 2 fully saturated rings. The normalized spacial score (nSPS) is 25.8. The number of aryl methyl sites for hydroxylation is 2. The van der Waals surface area contributed by atoms with E-state index in [9.17, 15) is 4.79 Å². The number of rotatable bonds is 4. The molecule has 0 spiro atoms. The summed E-state index contributed by atoms with van der Waals surface area (Å²) < 4.78 is 11.8. The monoisotopic (exact) mass is 355 g/mol. The SMILES string of the molecule is Cc1ccc(CN2CC[C@@H]3C[C@H](C(=O)Nc4cccnc4C)O[C@H]3C2)o1. The Morgan fingerprint density at radius 2 is 2.23 bits per heavy atom. The van der Waals surface area contributed by atoms with Crippen molar-refractivity contribution >= 4 is 11.6 Å². The third kappa shape index (κ3) is 3.66. The molecule has 2 aromatic rings. The van der Waals surface area contributed by atoms with Crippen LogP contribution in [-0.2, 0) is 16.1 Å². The number of nitrogens with one attached hydrogen (secondary N) is 1. The first-order valence-corrected chi connectivity index (χ1v) is 9.24. The summed E-state index contributed by atoms with van der Waals surface area (Å²) in [5, 5.41) is 2.96. The Bertz CT molecular complexity index is 788. The van der Waals surface area contributed by atoms with E-state index < -0.39 is 0 Å². The number of fused-ring (bicyclic) bond motifs is 1. The second-order valence-corrected chi connectivity index (χ2v) is 7.32. The molecule has 2 aliphatic heterocycles. The highest BCUT2D eigenvalue weighted by atomic mass is 16.5. The number of ether oxygens (including phenoxy) is 1. The molecule has 1 amide bonds. The lowest BCUT2D eigenvalue weighted by Crippen LogP contribution is -2.41. The topological polar surface area (TPSA) is 67.6 Å². The summed E-state index contributed by atoms with van der Waals surface area (Å²) in [6.07, 6.45) is 3.31. The van der Waals surface area contributed by atoms with E-state index >= 15 is 0 Å². The van der Waals surface area contributed by atoms with Crippen LogP contribution in [0.15, 0.2) is 34.9 Å². The van der Waals surface area contributed by atoms with Gasteiger partial charge >= 0.3 is 0 Å². The fraction of sp³-hybridized carbons (Fsp3) is 0.500. The zero-order valence-electron chi connectivity index (χ0n) is 15.3. The standard InChI is InChI=1S/C20H25N3O3/c1-13-5-6-16(25-13)11-23-9-7-15-10-18(26-19(15)12-23)20(24)22-17-4-3-8-21-14(17)2/h3-6,8,15,18-19H,7,9-12H2,1-2H3,(H,22,24)/t15-,18-,19+/m1/s1. The van der Waals surface area contributed by atoms with Crippen LogP contribution in [0, 0.1) is 19.8 Å². The maximum atomic E-state index is 12.6. The number of hydrogen-bond donors (Lipinski definition) is 1. The summed E-state index contributed by atoms with van der Waals surface area (Å²) in [5.41, 5.74) is 1.57. The van der Waals surface area contributed by atoms with Gasteiger partial charge in [0.05, 0.1) is 24.0 Å². The molecule has 2 aromatic heterocycles. The highest BCUT2D eigenvalue weighted by Crippen LogP contribution is 2.34. The number of pyridine rings is 1. The summed E-state index contributed by atoms with van der Waals surface area (Å²) >= 11 is 0. The molecule has 0 saturated carbocycles. The molecule has 3 atom stereocenters. The molecule has 0 aromatic carbocycles. The van der Waals surface area contributed by atoms with Gasteiger partial charge in [-0.2, -0.15) is 0 Å². The number of nitrogens with zero attached hydrogens (tertiary/aromatic N) is 2. The number of anilines is 1. The van der Waals surface area contributed by atoms with E-state index in [0.717, 1.165) is 55.4 Å². The number of likely N-dealkylation sites (tertiary alicyclic amines) is 1. The molecule has 4 rings (SSSR count). The molecule has 6 heteroatoms. The number of piperidine rings is 1. The lowest BCUT2D eigenvalue weighted by molar-refractivity contribution is -0.127. The van der Waals surface area contributed by atoms with Crippen LogP contribution in [-0.4, -0.2) is 41.1 Å². The van der Waals surface area contributed by atoms with Gasteiger partial charge in [-0.15, -0.1) is 0 Å². The quantitative estimate of drug-likeness (QED) is 0.913. The van der Waals surface area contributed by atoms with Gasteiger partial charge in [0.1, 0.15) is 17.6 Å². The Kier molecular flexibility index (Phi) is 4.78. The van der Waals surface area contributed by atoms with Crippen molar-refractivity contribution in [1.82, 2.24) is 9.88 Å². The number of furan rings is 1. The van der Waals surface area contributed by atoms with E-state index in [1.807, 2.05) is 38.1 Å². The predicted molar refractivity (Wildman–Crippen MR) is 97.7 cm³/mol. The first-order valence-electron chi connectivity index (χ1n) is 9.24. The molecule has 0 radical (unpaired) electrons. The first kappa shape index (κ1) is 17.2. The minimum absolute atomic E-state index is 0.0660. The van der Waals surface area contributed by atoms with Gasteiger partial charge < -0.3 is 14.5 Å². The van der Waals surface area contributed by atoms with Crippen LogP contribution >= 0.6 is 0 Å². The summed E-state index contributed by atoms with van der Waals surface area (Å²) in [5.74, 6) is 2.31. The van der Waals surface area contributed by atoms with Crippen LogP contribution in [0.2, 0.25) is 0 Å². The van der Waals surface area contributed by atoms with Crippen molar-refractivity contribution in [2.24, 2.45) is 5.92 Å². The highest BCUT2D eigenvalue weighted by molar-refractivity contribution is 5.94. The number of hydrogen-bond acceptors (Lipinski definition) is 5. The van der Waals surface area contributed by atoms with E-state index in [1.54, 1.807) is 6.20 Å². The van der Waals surface area contributed by atoms with Gasteiger partial charge in [-0.05, 0) is 63.4 Å². The van der Waals surface area contributed by atoms with Gasteiger partial charge in [-0.1, -0.05) is 0 Å². The fourth-order valence-corrected chi connectivity index (χ4v) is 3.93. The Labute approximate surface area is 153 Å². The molecule has 0 aliphatic carbocycles. The Morgan fingerprint density at radius 3 is 3.00 bits per heavy atom. The maximum absolute atomic E-state index is 12.6. The van der Waals surface area contributed by atoms with Crippen LogP contribution in [0.5, 0.6) is 0 Å². The molecule has 0 bridgehead atoms.